The molecule has 0 N–H and O–H groups in total. The molecule has 2 nitrogen and oxygen atoms in total. The van der Waals surface area contributed by atoms with Crippen molar-refractivity contribution in [2.24, 2.45) is 0 Å². The van der Waals surface area contributed by atoms with E-state index >= 15 is 0 Å². The number of halogens is 1. The average molecular weight is 251 g/mol. The number of carboxylic acid groups (broad SMARTS) is 1. The van der Waals surface area contributed by atoms with E-state index in [1.807, 2.05) is 6.07 Å². The van der Waals surface area contributed by atoms with Gasteiger partial charge in [-0.3, -0.25) is 0 Å². The molecule has 1 aromatic rings. The third-order valence-electron chi connectivity index (χ3n) is 1.70. The fraction of sp³-hybridized carbons (Fsp3) is 0.222. The van der Waals surface area contributed by atoms with Crippen molar-refractivity contribution in [2.45, 2.75) is 12.8 Å². The molecule has 64 valence electrons. The molecule has 0 aliphatic carbocycles. The van der Waals surface area contributed by atoms with Crippen LogP contribution in [0.4, 0.5) is 0 Å². The maximum absolute atomic E-state index is 10.5. The Morgan fingerprint density at radius 3 is 2.62 bits per heavy atom. The molecule has 1 unspecified atom stereocenters. The summed E-state index contributed by atoms with van der Waals surface area (Å²) >= 11 is 3.27. The number of carboxylic acids is 1. The van der Waals surface area contributed by atoms with Crippen LogP contribution in [-0.2, 0) is 4.79 Å². The van der Waals surface area contributed by atoms with Crippen molar-refractivity contribution in [3.63, 3.8) is 0 Å². The van der Waals surface area contributed by atoms with Gasteiger partial charge in [0.1, 0.15) is 0 Å². The van der Waals surface area contributed by atoms with Crippen molar-refractivity contribution in [1.82, 2.24) is 0 Å². The molecule has 0 spiro atoms. The van der Waals surface area contributed by atoms with Crippen LogP contribution in [0.2, 0.25) is 0 Å². The Hall–Kier alpha value is 0.170. The van der Waals surface area contributed by atoms with Gasteiger partial charge in [0.25, 0.3) is 0 Å². The van der Waals surface area contributed by atoms with E-state index in [4.69, 9.17) is 0 Å². The van der Waals surface area contributed by atoms with Gasteiger partial charge in [0.2, 0.25) is 0 Å². The second-order valence-electron chi connectivity index (χ2n) is 2.60. The molecule has 0 radical (unpaired) electrons. The summed E-state index contributed by atoms with van der Waals surface area (Å²) in [7, 11) is 0. The van der Waals surface area contributed by atoms with Crippen molar-refractivity contribution >= 4 is 21.9 Å². The number of carbonyl (C=O) groups is 1. The van der Waals surface area contributed by atoms with E-state index in [0.29, 0.717) is 0 Å². The molecule has 13 heavy (non-hydrogen) atoms. The van der Waals surface area contributed by atoms with Crippen LogP contribution in [0.25, 0.3) is 0 Å². The van der Waals surface area contributed by atoms with Gasteiger partial charge in [-0.15, -0.1) is 0 Å². The smallest absolute Gasteiger partial charge is 0.550 e. The second-order valence-corrected chi connectivity index (χ2v) is 3.51. The predicted octanol–water partition coefficient (Wildman–Crippen LogP) is -1.69. The van der Waals surface area contributed by atoms with Crippen molar-refractivity contribution in [3.8, 4) is 0 Å². The fourth-order valence-electron chi connectivity index (χ4n) is 0.912. The standard InChI is InChI=1S/C9H9BrO2.Na/c1-6(9(11)12)7-3-2-4-8(10)5-7;/h2-6H,1H3,(H,11,12);/q;+1/p-1. The Bertz CT molecular complexity index is 301. The van der Waals surface area contributed by atoms with Crippen LogP contribution in [0.3, 0.4) is 0 Å². The molecule has 1 aromatic carbocycles. The molecule has 0 aliphatic rings. The van der Waals surface area contributed by atoms with Crippen LogP contribution in [-0.4, -0.2) is 5.97 Å². The van der Waals surface area contributed by atoms with E-state index in [9.17, 15) is 9.90 Å². The molecular formula is C9H8BrNaO2. The SMILES string of the molecule is CC(C(=O)[O-])c1cccc(Br)c1.[Na+]. The Morgan fingerprint density at radius 1 is 1.54 bits per heavy atom. The number of benzene rings is 1. The van der Waals surface area contributed by atoms with Crippen molar-refractivity contribution in [2.75, 3.05) is 0 Å². The van der Waals surface area contributed by atoms with E-state index in [1.54, 1.807) is 25.1 Å². The molecule has 0 aromatic heterocycles. The topological polar surface area (TPSA) is 40.1 Å². The fourth-order valence-corrected chi connectivity index (χ4v) is 1.33. The molecule has 0 saturated carbocycles. The van der Waals surface area contributed by atoms with Gasteiger partial charge in [0, 0.05) is 16.4 Å². The van der Waals surface area contributed by atoms with E-state index in [1.165, 1.54) is 0 Å². The van der Waals surface area contributed by atoms with E-state index in [-0.39, 0.29) is 29.6 Å². The first-order valence-electron chi connectivity index (χ1n) is 3.57. The summed E-state index contributed by atoms with van der Waals surface area (Å²) in [4.78, 5) is 10.5. The zero-order chi connectivity index (χ0) is 9.14. The first-order valence-corrected chi connectivity index (χ1v) is 4.37. The summed E-state index contributed by atoms with van der Waals surface area (Å²) in [6, 6.07) is 7.20. The van der Waals surface area contributed by atoms with Gasteiger partial charge < -0.3 is 9.90 Å². The minimum absolute atomic E-state index is 0. The van der Waals surface area contributed by atoms with E-state index < -0.39 is 11.9 Å². The summed E-state index contributed by atoms with van der Waals surface area (Å²) in [5.74, 6) is -1.60. The van der Waals surface area contributed by atoms with Crippen molar-refractivity contribution in [1.29, 1.82) is 0 Å². The summed E-state index contributed by atoms with van der Waals surface area (Å²) in [6.45, 7) is 1.61. The quantitative estimate of drug-likeness (QED) is 0.588. The zero-order valence-electron chi connectivity index (χ0n) is 7.58. The third-order valence-corrected chi connectivity index (χ3v) is 2.20. The monoisotopic (exact) mass is 250 g/mol. The predicted molar refractivity (Wildman–Crippen MR) is 47.6 cm³/mol. The zero-order valence-corrected chi connectivity index (χ0v) is 11.2. The first-order chi connectivity index (χ1) is 5.61. The van der Waals surface area contributed by atoms with Crippen LogP contribution in [0.1, 0.15) is 18.4 Å². The second kappa shape index (κ2) is 5.81. The van der Waals surface area contributed by atoms with Crippen LogP contribution >= 0.6 is 15.9 Å². The van der Waals surface area contributed by atoms with Crippen LogP contribution < -0.4 is 34.7 Å². The van der Waals surface area contributed by atoms with Gasteiger partial charge in [-0.25, -0.2) is 0 Å². The normalized spacial score (nSPS) is 11.5. The Balaban J connectivity index is 0.00000144. The van der Waals surface area contributed by atoms with Gasteiger partial charge in [-0.05, 0) is 17.7 Å². The van der Waals surface area contributed by atoms with Crippen LogP contribution in [0.15, 0.2) is 28.7 Å². The Kier molecular flexibility index (Phi) is 5.88. The van der Waals surface area contributed by atoms with Gasteiger partial charge in [-0.2, -0.15) is 0 Å². The van der Waals surface area contributed by atoms with Gasteiger partial charge >= 0.3 is 29.6 Å². The summed E-state index contributed by atoms with van der Waals surface area (Å²) in [5.41, 5.74) is 0.754. The molecule has 0 bridgehead atoms. The van der Waals surface area contributed by atoms with E-state index in [0.717, 1.165) is 10.0 Å². The third kappa shape index (κ3) is 3.81. The average Bonchev–Trinajstić information content (AvgIpc) is 2.03. The molecule has 0 fully saturated rings. The number of rotatable bonds is 2. The van der Waals surface area contributed by atoms with Gasteiger partial charge in [-0.1, -0.05) is 35.0 Å². The Labute approximate surface area is 108 Å². The number of hydrogen-bond acceptors (Lipinski definition) is 2. The number of hydrogen-bond donors (Lipinski definition) is 0. The maximum Gasteiger partial charge on any atom is 1.00 e. The molecule has 0 heterocycles. The van der Waals surface area contributed by atoms with Crippen molar-refractivity contribution in [3.05, 3.63) is 34.3 Å². The number of carbonyl (C=O) groups excluding carboxylic acids is 1. The minimum Gasteiger partial charge on any atom is -0.550 e. The van der Waals surface area contributed by atoms with Gasteiger partial charge in [0.05, 0.1) is 0 Å². The maximum atomic E-state index is 10.5. The van der Waals surface area contributed by atoms with Crippen molar-refractivity contribution < 1.29 is 39.5 Å². The first kappa shape index (κ1) is 13.2. The van der Waals surface area contributed by atoms with Gasteiger partial charge in [0.15, 0.2) is 0 Å². The summed E-state index contributed by atoms with van der Waals surface area (Å²) < 4.78 is 0.883. The molecule has 1 atom stereocenters. The molecule has 0 amide bonds. The molecule has 0 saturated heterocycles. The number of aliphatic carboxylic acids is 1. The van der Waals surface area contributed by atoms with Crippen LogP contribution in [0.5, 0.6) is 0 Å². The summed E-state index contributed by atoms with van der Waals surface area (Å²) in [5, 5.41) is 10.5. The molecule has 1 rings (SSSR count). The minimum atomic E-state index is -1.05. The van der Waals surface area contributed by atoms with E-state index in [2.05, 4.69) is 15.9 Å². The Morgan fingerprint density at radius 2 is 2.15 bits per heavy atom. The summed E-state index contributed by atoms with van der Waals surface area (Å²) in [6.07, 6.45) is 0. The molecule has 0 aliphatic heterocycles. The van der Waals surface area contributed by atoms with Crippen LogP contribution in [0, 0.1) is 0 Å². The largest absolute Gasteiger partial charge is 1.00 e. The molecular weight excluding hydrogens is 243 g/mol. The molecule has 4 heteroatoms.